The maximum Gasteiger partial charge on any atom is 0.337 e. The van der Waals surface area contributed by atoms with E-state index >= 15 is 0 Å². The lowest BCUT2D eigenvalue weighted by atomic mass is 10.0. The molecule has 0 radical (unpaired) electrons. The molecule has 1 N–H and O–H groups in total. The minimum atomic E-state index is -0.499. The van der Waals surface area contributed by atoms with E-state index in [9.17, 15) is 9.59 Å². The van der Waals surface area contributed by atoms with Crippen LogP contribution in [0.25, 0.3) is 0 Å². The van der Waals surface area contributed by atoms with Crippen LogP contribution in [0.1, 0.15) is 24.2 Å². The maximum absolute atomic E-state index is 11.8. The van der Waals surface area contributed by atoms with Gasteiger partial charge in [-0.15, -0.1) is 0 Å². The third-order valence-electron chi connectivity index (χ3n) is 2.78. The number of carbonyl (C=O) groups excluding carboxylic acids is 2. The molecule has 18 heavy (non-hydrogen) atoms. The van der Waals surface area contributed by atoms with Gasteiger partial charge in [0.25, 0.3) is 5.91 Å². The first-order chi connectivity index (χ1) is 8.52. The lowest BCUT2D eigenvalue weighted by Crippen LogP contribution is -2.40. The summed E-state index contributed by atoms with van der Waals surface area (Å²) in [4.78, 5) is 23.2. The first kappa shape index (κ1) is 12.4. The fraction of sp³-hybridized carbons (Fsp3) is 0.385. The second-order valence-electron chi connectivity index (χ2n) is 4.47. The Morgan fingerprint density at radius 3 is 2.78 bits per heavy atom. The molecule has 0 aromatic heterocycles. The van der Waals surface area contributed by atoms with Crippen molar-refractivity contribution in [1.82, 2.24) is 0 Å². The number of esters is 1. The summed E-state index contributed by atoms with van der Waals surface area (Å²) in [5, 5.41) is 2.74. The SMILES string of the molecule is COC(=O)c1ccc2c(c1)NC(=O)C(C(C)C)O2. The number of carbonyl (C=O) groups is 2. The lowest BCUT2D eigenvalue weighted by molar-refractivity contribution is -0.125. The van der Waals surface area contributed by atoms with E-state index in [4.69, 9.17) is 4.74 Å². The highest BCUT2D eigenvalue weighted by molar-refractivity contribution is 6.00. The molecule has 0 aliphatic carbocycles. The first-order valence-electron chi connectivity index (χ1n) is 5.73. The van der Waals surface area contributed by atoms with Crippen LogP contribution in [0.2, 0.25) is 0 Å². The third-order valence-corrected chi connectivity index (χ3v) is 2.78. The van der Waals surface area contributed by atoms with Gasteiger partial charge in [0.15, 0.2) is 6.10 Å². The van der Waals surface area contributed by atoms with Gasteiger partial charge >= 0.3 is 5.97 Å². The van der Waals surface area contributed by atoms with Gasteiger partial charge in [-0.25, -0.2) is 4.79 Å². The summed E-state index contributed by atoms with van der Waals surface area (Å²) >= 11 is 0. The number of anilines is 1. The molecule has 1 aliphatic heterocycles. The molecule has 0 bridgehead atoms. The van der Waals surface area contributed by atoms with Gasteiger partial charge in [-0.3, -0.25) is 4.79 Å². The zero-order chi connectivity index (χ0) is 13.3. The van der Waals surface area contributed by atoms with E-state index in [1.807, 2.05) is 13.8 Å². The molecule has 0 saturated carbocycles. The molecule has 0 spiro atoms. The monoisotopic (exact) mass is 249 g/mol. The molecule has 0 saturated heterocycles. The van der Waals surface area contributed by atoms with E-state index in [-0.39, 0.29) is 11.8 Å². The quantitative estimate of drug-likeness (QED) is 0.812. The molecule has 5 heteroatoms. The molecule has 1 unspecified atom stereocenters. The van der Waals surface area contributed by atoms with E-state index in [1.54, 1.807) is 18.2 Å². The summed E-state index contributed by atoms with van der Waals surface area (Å²) in [7, 11) is 1.31. The second-order valence-corrected chi connectivity index (χ2v) is 4.47. The van der Waals surface area contributed by atoms with Gasteiger partial charge in [-0.05, 0) is 24.1 Å². The Morgan fingerprint density at radius 1 is 1.44 bits per heavy atom. The van der Waals surface area contributed by atoms with Crippen LogP contribution in [0.15, 0.2) is 18.2 Å². The highest BCUT2D eigenvalue weighted by Crippen LogP contribution is 2.32. The number of ether oxygens (including phenoxy) is 2. The smallest absolute Gasteiger partial charge is 0.337 e. The summed E-state index contributed by atoms with van der Waals surface area (Å²) < 4.78 is 10.2. The van der Waals surface area contributed by atoms with Crippen molar-refractivity contribution in [3.05, 3.63) is 23.8 Å². The predicted molar refractivity (Wildman–Crippen MR) is 65.7 cm³/mol. The Bertz CT molecular complexity index is 496. The topological polar surface area (TPSA) is 64.6 Å². The number of fused-ring (bicyclic) bond motifs is 1. The van der Waals surface area contributed by atoms with Crippen molar-refractivity contribution in [1.29, 1.82) is 0 Å². The minimum absolute atomic E-state index is 0.0819. The Morgan fingerprint density at radius 2 is 2.17 bits per heavy atom. The maximum atomic E-state index is 11.8. The highest BCUT2D eigenvalue weighted by atomic mass is 16.5. The van der Waals surface area contributed by atoms with Crippen molar-refractivity contribution in [2.24, 2.45) is 5.92 Å². The van der Waals surface area contributed by atoms with Crippen LogP contribution in [0.3, 0.4) is 0 Å². The summed E-state index contributed by atoms with van der Waals surface area (Å²) in [5.41, 5.74) is 0.878. The van der Waals surface area contributed by atoms with Crippen LogP contribution < -0.4 is 10.1 Å². The van der Waals surface area contributed by atoms with E-state index in [0.29, 0.717) is 17.0 Å². The summed E-state index contributed by atoms with van der Waals surface area (Å²) in [6, 6.07) is 4.82. The van der Waals surface area contributed by atoms with E-state index in [2.05, 4.69) is 10.1 Å². The van der Waals surface area contributed by atoms with Crippen LogP contribution in [0, 0.1) is 5.92 Å². The van der Waals surface area contributed by atoms with E-state index in [0.717, 1.165) is 0 Å². The molecule has 1 aromatic rings. The number of methoxy groups -OCH3 is 1. The highest BCUT2D eigenvalue weighted by Gasteiger charge is 2.30. The second kappa shape index (κ2) is 4.68. The normalized spacial score (nSPS) is 17.8. The molecular formula is C13H15NO4. The number of rotatable bonds is 2. The lowest BCUT2D eigenvalue weighted by Gasteiger charge is -2.28. The average Bonchev–Trinajstić information content (AvgIpc) is 2.35. The van der Waals surface area contributed by atoms with Gasteiger partial charge < -0.3 is 14.8 Å². The molecule has 1 aromatic carbocycles. The first-order valence-corrected chi connectivity index (χ1v) is 5.73. The molecule has 2 rings (SSSR count). The van der Waals surface area contributed by atoms with Crippen molar-refractivity contribution in [3.8, 4) is 5.75 Å². The number of hydrogen-bond acceptors (Lipinski definition) is 4. The Hall–Kier alpha value is -2.04. The average molecular weight is 249 g/mol. The number of hydrogen-bond donors (Lipinski definition) is 1. The molecule has 96 valence electrons. The molecule has 5 nitrogen and oxygen atoms in total. The molecular weight excluding hydrogens is 234 g/mol. The van der Waals surface area contributed by atoms with Gasteiger partial charge in [-0.1, -0.05) is 13.8 Å². The van der Waals surface area contributed by atoms with Crippen molar-refractivity contribution < 1.29 is 19.1 Å². The molecule has 1 amide bonds. The number of amides is 1. The van der Waals surface area contributed by atoms with Gasteiger partial charge in [-0.2, -0.15) is 0 Å². The predicted octanol–water partition coefficient (Wildman–Crippen LogP) is 1.83. The third kappa shape index (κ3) is 2.16. The van der Waals surface area contributed by atoms with Gasteiger partial charge in [0.1, 0.15) is 5.75 Å². The van der Waals surface area contributed by atoms with Crippen LogP contribution in [0.4, 0.5) is 5.69 Å². The van der Waals surface area contributed by atoms with Crippen LogP contribution in [-0.4, -0.2) is 25.1 Å². The van der Waals surface area contributed by atoms with Crippen LogP contribution in [-0.2, 0) is 9.53 Å². The van der Waals surface area contributed by atoms with Gasteiger partial charge in [0.05, 0.1) is 18.4 Å². The molecule has 1 aliphatic rings. The summed E-state index contributed by atoms with van der Waals surface area (Å²) in [6.07, 6.45) is -0.499. The van der Waals surface area contributed by atoms with Gasteiger partial charge in [0.2, 0.25) is 0 Å². The minimum Gasteiger partial charge on any atom is -0.478 e. The van der Waals surface area contributed by atoms with Gasteiger partial charge in [0, 0.05) is 0 Å². The number of nitrogens with one attached hydrogen (secondary N) is 1. The van der Waals surface area contributed by atoms with Crippen LogP contribution in [0.5, 0.6) is 5.75 Å². The summed E-state index contributed by atoms with van der Waals surface area (Å²) in [5.74, 6) is 0.0111. The van der Waals surface area contributed by atoms with Crippen molar-refractivity contribution in [2.75, 3.05) is 12.4 Å². The molecule has 0 fully saturated rings. The molecule has 1 atom stereocenters. The fourth-order valence-electron chi connectivity index (χ4n) is 1.81. The largest absolute Gasteiger partial charge is 0.478 e. The van der Waals surface area contributed by atoms with Crippen molar-refractivity contribution in [2.45, 2.75) is 20.0 Å². The Balaban J connectivity index is 2.32. The molecule has 1 heterocycles. The van der Waals surface area contributed by atoms with E-state index < -0.39 is 12.1 Å². The van der Waals surface area contributed by atoms with E-state index in [1.165, 1.54) is 7.11 Å². The van der Waals surface area contributed by atoms with Crippen LogP contribution >= 0.6 is 0 Å². The fourth-order valence-corrected chi connectivity index (χ4v) is 1.81. The number of benzene rings is 1. The Labute approximate surface area is 105 Å². The van der Waals surface area contributed by atoms with Crippen molar-refractivity contribution in [3.63, 3.8) is 0 Å². The summed E-state index contributed by atoms with van der Waals surface area (Å²) in [6.45, 7) is 3.83. The zero-order valence-electron chi connectivity index (χ0n) is 10.5. The van der Waals surface area contributed by atoms with Crippen molar-refractivity contribution >= 4 is 17.6 Å². The standard InChI is InChI=1S/C13H15NO4/c1-7(2)11-12(15)14-9-6-8(13(16)17-3)4-5-10(9)18-11/h4-7,11H,1-3H3,(H,14,15). The Kier molecular flexibility index (Phi) is 3.23. The zero-order valence-corrected chi connectivity index (χ0v) is 10.5.